The van der Waals surface area contributed by atoms with Crippen LogP contribution >= 0.6 is 0 Å². The second-order valence-electron chi connectivity index (χ2n) is 6.58. The van der Waals surface area contributed by atoms with Crippen molar-refractivity contribution in [2.75, 3.05) is 11.9 Å². The van der Waals surface area contributed by atoms with Crippen LogP contribution < -0.4 is 19.5 Å². The van der Waals surface area contributed by atoms with Gasteiger partial charge < -0.3 is 23.9 Å². The molecule has 0 unspecified atom stereocenters. The van der Waals surface area contributed by atoms with Crippen molar-refractivity contribution < 1.29 is 32.2 Å². The summed E-state index contributed by atoms with van der Waals surface area (Å²) in [4.78, 5) is 12.5. The fourth-order valence-corrected chi connectivity index (χ4v) is 2.94. The van der Waals surface area contributed by atoms with Crippen molar-refractivity contribution in [3.8, 4) is 17.2 Å². The Morgan fingerprint density at radius 1 is 1.09 bits per heavy atom. The highest BCUT2D eigenvalue weighted by molar-refractivity contribution is 6.02. The summed E-state index contributed by atoms with van der Waals surface area (Å²) in [6.07, 6.45) is 2.47. The van der Waals surface area contributed by atoms with Crippen LogP contribution in [0.15, 0.2) is 71.7 Å². The van der Waals surface area contributed by atoms with E-state index < -0.39 is 12.5 Å². The number of furan rings is 1. The summed E-state index contributed by atoms with van der Waals surface area (Å²) in [6, 6.07) is 14.9. The van der Waals surface area contributed by atoms with E-state index in [-0.39, 0.29) is 30.5 Å². The van der Waals surface area contributed by atoms with Crippen LogP contribution in [0.3, 0.4) is 0 Å². The van der Waals surface area contributed by atoms with Gasteiger partial charge in [-0.3, -0.25) is 4.79 Å². The Morgan fingerprint density at radius 2 is 1.91 bits per heavy atom. The number of hydrogen-bond acceptors (Lipinski definition) is 5. The van der Waals surface area contributed by atoms with Crippen LogP contribution in [0.1, 0.15) is 28.8 Å². The zero-order valence-electron chi connectivity index (χ0n) is 17.5. The Hall–Kier alpha value is -3.81. The number of ether oxygens (including phenoxy) is 3. The Bertz CT molecular complexity index is 1060. The Morgan fingerprint density at radius 3 is 2.66 bits per heavy atom. The van der Waals surface area contributed by atoms with Gasteiger partial charge in [-0.25, -0.2) is 0 Å². The zero-order chi connectivity index (χ0) is 22.9. The average Bonchev–Trinajstić information content (AvgIpc) is 3.24. The molecule has 0 saturated heterocycles. The Kier molecular flexibility index (Phi) is 7.85. The second-order valence-corrected chi connectivity index (χ2v) is 6.58. The van der Waals surface area contributed by atoms with Crippen molar-refractivity contribution in [1.29, 1.82) is 0 Å². The lowest BCUT2D eigenvalue weighted by atomic mass is 10.1. The van der Waals surface area contributed by atoms with E-state index in [2.05, 4.69) is 16.6 Å². The summed E-state index contributed by atoms with van der Waals surface area (Å²) in [5.74, 6) is 0.733. The van der Waals surface area contributed by atoms with Gasteiger partial charge in [0.1, 0.15) is 18.1 Å². The van der Waals surface area contributed by atoms with Crippen LogP contribution in [0.2, 0.25) is 0 Å². The monoisotopic (exact) mass is 443 g/mol. The molecule has 1 aromatic heterocycles. The van der Waals surface area contributed by atoms with Gasteiger partial charge in [0, 0.05) is 11.8 Å². The minimum absolute atomic E-state index is 0.0776. The standard InChI is InChI=1S/C24H23F2NO5/c1-3-7-16-8-5-6-9-19(16)30-15-18-11-13-21(31-18)23(28)27-17-10-12-20(32-24(25)26)22(14-17)29-4-2/h3,5-6,8-14,24H,1,4,7,15H2,2H3,(H,27,28). The van der Waals surface area contributed by atoms with Crippen LogP contribution in [0.4, 0.5) is 14.5 Å². The van der Waals surface area contributed by atoms with E-state index >= 15 is 0 Å². The highest BCUT2D eigenvalue weighted by Gasteiger charge is 2.16. The van der Waals surface area contributed by atoms with Gasteiger partial charge in [0.15, 0.2) is 17.3 Å². The largest absolute Gasteiger partial charge is 0.490 e. The smallest absolute Gasteiger partial charge is 0.387 e. The van der Waals surface area contributed by atoms with Gasteiger partial charge in [-0.1, -0.05) is 24.3 Å². The normalized spacial score (nSPS) is 10.6. The molecule has 0 aliphatic carbocycles. The van der Waals surface area contributed by atoms with Crippen LogP contribution in [-0.2, 0) is 13.0 Å². The van der Waals surface area contributed by atoms with Gasteiger partial charge in [-0.05, 0) is 49.2 Å². The Balaban J connectivity index is 1.64. The SMILES string of the molecule is C=CCc1ccccc1OCc1ccc(C(=O)Nc2ccc(OC(F)F)c(OCC)c2)o1. The quantitative estimate of drug-likeness (QED) is 0.377. The van der Waals surface area contributed by atoms with Crippen LogP contribution in [0, 0.1) is 0 Å². The average molecular weight is 443 g/mol. The summed E-state index contributed by atoms with van der Waals surface area (Å²) in [6.45, 7) is 2.86. The number of carbonyl (C=O) groups excluding carboxylic acids is 1. The van der Waals surface area contributed by atoms with Crippen molar-refractivity contribution in [3.63, 3.8) is 0 Å². The maximum Gasteiger partial charge on any atom is 0.387 e. The lowest BCUT2D eigenvalue weighted by molar-refractivity contribution is -0.0514. The molecule has 0 aliphatic rings. The second kappa shape index (κ2) is 11.0. The number of hydrogen-bond donors (Lipinski definition) is 1. The molecule has 0 saturated carbocycles. The van der Waals surface area contributed by atoms with Gasteiger partial charge in [-0.15, -0.1) is 6.58 Å². The van der Waals surface area contributed by atoms with Crippen LogP contribution in [0.25, 0.3) is 0 Å². The van der Waals surface area contributed by atoms with Gasteiger partial charge >= 0.3 is 6.61 Å². The fourth-order valence-electron chi connectivity index (χ4n) is 2.94. The molecule has 32 heavy (non-hydrogen) atoms. The first-order valence-electron chi connectivity index (χ1n) is 9.93. The maximum absolute atomic E-state index is 12.5. The molecule has 6 nitrogen and oxygen atoms in total. The first-order chi connectivity index (χ1) is 15.5. The van der Waals surface area contributed by atoms with E-state index in [0.717, 1.165) is 5.56 Å². The first kappa shape index (κ1) is 22.9. The number of rotatable bonds is 11. The minimum atomic E-state index is -2.98. The minimum Gasteiger partial charge on any atom is -0.490 e. The Labute approximate surface area is 184 Å². The van der Waals surface area contributed by atoms with E-state index in [0.29, 0.717) is 23.6 Å². The topological polar surface area (TPSA) is 69.9 Å². The molecule has 1 amide bonds. The first-order valence-corrected chi connectivity index (χ1v) is 9.93. The fraction of sp³-hybridized carbons (Fsp3) is 0.208. The van der Waals surface area contributed by atoms with E-state index in [1.54, 1.807) is 19.1 Å². The van der Waals surface area contributed by atoms with Crippen molar-refractivity contribution in [2.24, 2.45) is 0 Å². The van der Waals surface area contributed by atoms with Crippen molar-refractivity contribution in [2.45, 2.75) is 26.6 Å². The van der Waals surface area contributed by atoms with Crippen LogP contribution in [0.5, 0.6) is 17.2 Å². The number of halogens is 2. The molecule has 0 spiro atoms. The van der Waals surface area contributed by atoms with E-state index in [1.165, 1.54) is 24.3 Å². The number of para-hydroxylation sites is 1. The number of anilines is 1. The lowest BCUT2D eigenvalue weighted by Gasteiger charge is -2.13. The lowest BCUT2D eigenvalue weighted by Crippen LogP contribution is -2.11. The van der Waals surface area contributed by atoms with Crippen molar-refractivity contribution >= 4 is 11.6 Å². The molecule has 0 atom stereocenters. The summed E-state index contributed by atoms with van der Waals surface area (Å²) in [7, 11) is 0. The van der Waals surface area contributed by atoms with Gasteiger partial charge in [-0.2, -0.15) is 8.78 Å². The molecule has 8 heteroatoms. The number of carbonyl (C=O) groups is 1. The molecular formula is C24H23F2NO5. The molecule has 1 heterocycles. The van der Waals surface area contributed by atoms with E-state index in [1.807, 2.05) is 24.3 Å². The summed E-state index contributed by atoms with van der Waals surface area (Å²) in [5, 5.41) is 2.64. The molecule has 0 bridgehead atoms. The van der Waals surface area contributed by atoms with Gasteiger partial charge in [0.25, 0.3) is 5.91 Å². The molecule has 3 rings (SSSR count). The highest BCUT2D eigenvalue weighted by Crippen LogP contribution is 2.32. The summed E-state index contributed by atoms with van der Waals surface area (Å²) < 4.78 is 46.2. The third kappa shape index (κ3) is 6.10. The zero-order valence-corrected chi connectivity index (χ0v) is 17.5. The third-order valence-corrected chi connectivity index (χ3v) is 4.31. The molecule has 0 fully saturated rings. The predicted octanol–water partition coefficient (Wildman–Crippen LogP) is 5.84. The highest BCUT2D eigenvalue weighted by atomic mass is 19.3. The van der Waals surface area contributed by atoms with E-state index in [4.69, 9.17) is 13.9 Å². The van der Waals surface area contributed by atoms with Crippen molar-refractivity contribution in [1.82, 2.24) is 0 Å². The van der Waals surface area contributed by atoms with Gasteiger partial charge in [0.05, 0.1) is 6.61 Å². The number of alkyl halides is 2. The van der Waals surface area contributed by atoms with Crippen LogP contribution in [-0.4, -0.2) is 19.1 Å². The molecule has 1 N–H and O–H groups in total. The van der Waals surface area contributed by atoms with Crippen molar-refractivity contribution in [3.05, 3.63) is 84.3 Å². The van der Waals surface area contributed by atoms with E-state index in [9.17, 15) is 13.6 Å². The molecule has 3 aromatic rings. The number of benzene rings is 2. The maximum atomic E-state index is 12.5. The molecular weight excluding hydrogens is 420 g/mol. The third-order valence-electron chi connectivity index (χ3n) is 4.31. The van der Waals surface area contributed by atoms with Gasteiger partial charge in [0.2, 0.25) is 0 Å². The number of amides is 1. The molecule has 168 valence electrons. The molecule has 0 radical (unpaired) electrons. The predicted molar refractivity (Wildman–Crippen MR) is 116 cm³/mol. The summed E-state index contributed by atoms with van der Waals surface area (Å²) in [5.41, 5.74) is 1.34. The number of allylic oxidation sites excluding steroid dienone is 1. The molecule has 2 aromatic carbocycles. The summed E-state index contributed by atoms with van der Waals surface area (Å²) >= 11 is 0. The molecule has 0 aliphatic heterocycles. The number of nitrogens with one attached hydrogen (secondary N) is 1.